The zero-order valence-corrected chi connectivity index (χ0v) is 10.7. The predicted octanol–water partition coefficient (Wildman–Crippen LogP) is 1.98. The molecule has 0 radical (unpaired) electrons. The van der Waals surface area contributed by atoms with E-state index < -0.39 is 0 Å². The summed E-state index contributed by atoms with van der Waals surface area (Å²) in [5, 5.41) is 10.2. The Labute approximate surface area is 105 Å². The second-order valence-corrected chi connectivity index (χ2v) is 4.34. The Morgan fingerprint density at radius 3 is 2.71 bits per heavy atom. The molecule has 0 aromatic carbocycles. The topological polar surface area (TPSA) is 55.1 Å². The summed E-state index contributed by atoms with van der Waals surface area (Å²) in [7, 11) is 0. The third-order valence-corrected chi connectivity index (χ3v) is 3.17. The van der Waals surface area contributed by atoms with E-state index in [0.717, 1.165) is 0 Å². The van der Waals surface area contributed by atoms with Crippen molar-refractivity contribution in [3.63, 3.8) is 0 Å². The van der Waals surface area contributed by atoms with Crippen molar-refractivity contribution < 1.29 is 5.11 Å². The van der Waals surface area contributed by atoms with Crippen LogP contribution in [0.1, 0.15) is 12.5 Å². The van der Waals surface area contributed by atoms with Crippen LogP contribution in [0.25, 0.3) is 0 Å². The zero-order chi connectivity index (χ0) is 12.8. The number of thioether (sulfide) groups is 1. The van der Waals surface area contributed by atoms with Crippen molar-refractivity contribution in [3.8, 4) is 5.88 Å². The molecule has 0 bridgehead atoms. The number of rotatable bonds is 6. The molecule has 1 aromatic heterocycles. The molecule has 0 aliphatic heterocycles. The van der Waals surface area contributed by atoms with E-state index in [9.17, 15) is 9.90 Å². The van der Waals surface area contributed by atoms with Crippen LogP contribution >= 0.6 is 11.8 Å². The quantitative estimate of drug-likeness (QED) is 0.478. The van der Waals surface area contributed by atoms with E-state index in [-0.39, 0.29) is 11.4 Å². The van der Waals surface area contributed by atoms with Gasteiger partial charge in [-0.3, -0.25) is 9.36 Å². The van der Waals surface area contributed by atoms with Crippen LogP contribution in [0, 0.1) is 0 Å². The van der Waals surface area contributed by atoms with E-state index >= 15 is 0 Å². The van der Waals surface area contributed by atoms with E-state index in [1.807, 2.05) is 6.92 Å². The van der Waals surface area contributed by atoms with E-state index in [4.69, 9.17) is 0 Å². The van der Waals surface area contributed by atoms with Crippen LogP contribution in [-0.4, -0.2) is 20.4 Å². The molecular weight excluding hydrogens is 236 g/mol. The maximum absolute atomic E-state index is 12.1. The molecule has 1 heterocycles. The lowest BCUT2D eigenvalue weighted by Gasteiger charge is -2.11. The molecule has 1 aromatic rings. The first kappa shape index (κ1) is 13.6. The predicted molar refractivity (Wildman–Crippen MR) is 70.7 cm³/mol. The molecule has 0 aliphatic rings. The van der Waals surface area contributed by atoms with Crippen molar-refractivity contribution in [2.45, 2.75) is 25.0 Å². The van der Waals surface area contributed by atoms with Crippen LogP contribution in [0.2, 0.25) is 0 Å². The molecular formula is C12H16N2O2S. The van der Waals surface area contributed by atoms with Crippen molar-refractivity contribution in [2.24, 2.45) is 0 Å². The average molecular weight is 252 g/mol. The Morgan fingerprint density at radius 1 is 1.47 bits per heavy atom. The molecule has 0 unspecified atom stereocenters. The number of hydrogen-bond donors (Lipinski definition) is 1. The minimum Gasteiger partial charge on any atom is -0.493 e. The van der Waals surface area contributed by atoms with Crippen LogP contribution in [0.15, 0.2) is 35.3 Å². The molecule has 4 nitrogen and oxygen atoms in total. The zero-order valence-electron chi connectivity index (χ0n) is 9.85. The third kappa shape index (κ3) is 3.00. The summed E-state index contributed by atoms with van der Waals surface area (Å²) in [4.78, 5) is 16.1. The highest BCUT2D eigenvalue weighted by Crippen LogP contribution is 2.19. The van der Waals surface area contributed by atoms with Crippen molar-refractivity contribution in [1.29, 1.82) is 0 Å². The van der Waals surface area contributed by atoms with E-state index in [0.29, 0.717) is 29.4 Å². The maximum Gasteiger partial charge on any atom is 0.261 e. The molecule has 1 N–H and O–H groups in total. The molecule has 0 fully saturated rings. The van der Waals surface area contributed by atoms with E-state index in [2.05, 4.69) is 18.1 Å². The summed E-state index contributed by atoms with van der Waals surface area (Å²) in [5.74, 6) is 0.457. The number of aromatic nitrogens is 2. The van der Waals surface area contributed by atoms with Crippen LogP contribution in [-0.2, 0) is 13.0 Å². The molecule has 0 aliphatic carbocycles. The molecule has 1 rings (SSSR count). The van der Waals surface area contributed by atoms with Crippen molar-refractivity contribution in [3.05, 3.63) is 41.2 Å². The highest BCUT2D eigenvalue weighted by atomic mass is 32.2. The lowest BCUT2D eigenvalue weighted by atomic mass is 10.2. The summed E-state index contributed by atoms with van der Waals surface area (Å²) in [5.41, 5.74) is 0.140. The van der Waals surface area contributed by atoms with Gasteiger partial charge in [0, 0.05) is 12.3 Å². The Balaban J connectivity index is 3.32. The fourth-order valence-electron chi connectivity index (χ4n) is 1.41. The van der Waals surface area contributed by atoms with Gasteiger partial charge in [0.25, 0.3) is 5.56 Å². The Hall–Kier alpha value is -1.49. The van der Waals surface area contributed by atoms with Crippen molar-refractivity contribution in [2.75, 3.05) is 5.75 Å². The molecule has 92 valence electrons. The Morgan fingerprint density at radius 2 is 2.18 bits per heavy atom. The number of allylic oxidation sites excluding steroid dienone is 1. The first-order chi connectivity index (χ1) is 8.15. The van der Waals surface area contributed by atoms with Gasteiger partial charge in [-0.2, -0.15) is 4.98 Å². The van der Waals surface area contributed by atoms with Crippen LogP contribution in [0.4, 0.5) is 0 Å². The first-order valence-corrected chi connectivity index (χ1v) is 6.31. The lowest BCUT2D eigenvalue weighted by Crippen LogP contribution is -2.25. The van der Waals surface area contributed by atoms with Gasteiger partial charge in [-0.25, -0.2) is 0 Å². The summed E-state index contributed by atoms with van der Waals surface area (Å²) in [6.07, 6.45) is 3.82. The van der Waals surface area contributed by atoms with Crippen molar-refractivity contribution >= 4 is 11.8 Å². The van der Waals surface area contributed by atoms with Gasteiger partial charge in [-0.15, -0.1) is 13.2 Å². The molecule has 17 heavy (non-hydrogen) atoms. The highest BCUT2D eigenvalue weighted by molar-refractivity contribution is 7.99. The van der Waals surface area contributed by atoms with Gasteiger partial charge in [-0.05, 0) is 6.42 Å². The standard InChI is InChI=1S/C12H16N2O2S/c1-4-7-14-11(16)9(6-3)10(15)13-12(14)17-8-5-2/h4-5,15H,1-2,6-8H2,3H3. The molecule has 0 saturated carbocycles. The van der Waals surface area contributed by atoms with Gasteiger partial charge in [0.15, 0.2) is 5.16 Å². The third-order valence-electron chi connectivity index (χ3n) is 2.20. The smallest absolute Gasteiger partial charge is 0.261 e. The number of aromatic hydroxyl groups is 1. The second kappa shape index (κ2) is 6.30. The molecule has 5 heteroatoms. The van der Waals surface area contributed by atoms with Crippen molar-refractivity contribution in [1.82, 2.24) is 9.55 Å². The second-order valence-electron chi connectivity index (χ2n) is 3.35. The fourth-order valence-corrected chi connectivity index (χ4v) is 2.14. The molecule has 0 atom stereocenters. The summed E-state index contributed by atoms with van der Waals surface area (Å²) in [6, 6.07) is 0. The van der Waals surface area contributed by atoms with Gasteiger partial charge < -0.3 is 5.11 Å². The van der Waals surface area contributed by atoms with Crippen LogP contribution in [0.5, 0.6) is 5.88 Å². The summed E-state index contributed by atoms with van der Waals surface area (Å²) >= 11 is 1.36. The Kier molecular flexibility index (Phi) is 5.03. The van der Waals surface area contributed by atoms with Gasteiger partial charge in [0.1, 0.15) is 0 Å². The van der Waals surface area contributed by atoms with Gasteiger partial charge in [0.2, 0.25) is 5.88 Å². The molecule has 0 saturated heterocycles. The minimum absolute atomic E-state index is 0.177. The van der Waals surface area contributed by atoms with Crippen LogP contribution < -0.4 is 5.56 Å². The number of hydrogen-bond acceptors (Lipinski definition) is 4. The SMILES string of the molecule is C=CCSc1nc(O)c(CC)c(=O)n1CC=C. The van der Waals surface area contributed by atoms with Gasteiger partial charge in [-0.1, -0.05) is 30.8 Å². The van der Waals surface area contributed by atoms with Gasteiger partial charge in [0.05, 0.1) is 5.56 Å². The molecule has 0 spiro atoms. The first-order valence-electron chi connectivity index (χ1n) is 5.32. The molecule has 0 amide bonds. The maximum atomic E-state index is 12.1. The van der Waals surface area contributed by atoms with Crippen LogP contribution in [0.3, 0.4) is 0 Å². The number of nitrogens with zero attached hydrogens (tertiary/aromatic N) is 2. The fraction of sp³-hybridized carbons (Fsp3) is 0.333. The lowest BCUT2D eigenvalue weighted by molar-refractivity contribution is 0.427. The Bertz CT molecular complexity index is 480. The highest BCUT2D eigenvalue weighted by Gasteiger charge is 2.13. The largest absolute Gasteiger partial charge is 0.493 e. The van der Waals surface area contributed by atoms with E-state index in [1.165, 1.54) is 16.3 Å². The van der Waals surface area contributed by atoms with Gasteiger partial charge >= 0.3 is 0 Å². The minimum atomic E-state index is -0.202. The summed E-state index contributed by atoms with van der Waals surface area (Å²) in [6.45, 7) is 9.43. The average Bonchev–Trinajstić information content (AvgIpc) is 2.31. The summed E-state index contributed by atoms with van der Waals surface area (Å²) < 4.78 is 1.51. The normalized spacial score (nSPS) is 10.2. The monoisotopic (exact) mass is 252 g/mol. The van der Waals surface area contributed by atoms with E-state index in [1.54, 1.807) is 12.2 Å².